The Hall–Kier alpha value is -3.01. The van der Waals surface area contributed by atoms with Crippen molar-refractivity contribution in [1.82, 2.24) is 4.98 Å². The largest absolute Gasteiger partial charge is 0.492 e. The maximum atomic E-state index is 15.1. The van der Waals surface area contributed by atoms with Crippen LogP contribution in [0.2, 0.25) is 0 Å². The minimum atomic E-state index is -2.79. The number of hydrogen-bond donors (Lipinski definition) is 2. The molecule has 0 aliphatic carbocycles. The third-order valence-corrected chi connectivity index (χ3v) is 10.1. The van der Waals surface area contributed by atoms with Crippen molar-refractivity contribution >= 4 is 27.2 Å². The molecule has 2 aliphatic rings. The highest BCUT2D eigenvalue weighted by Crippen LogP contribution is 2.48. The third kappa shape index (κ3) is 3.66. The Balaban J connectivity index is 1.69. The van der Waals surface area contributed by atoms with Gasteiger partial charge in [0.1, 0.15) is 33.4 Å². The van der Waals surface area contributed by atoms with Crippen LogP contribution in [0.1, 0.15) is 50.2 Å². The Morgan fingerprint density at radius 1 is 1.30 bits per heavy atom. The topological polar surface area (TPSA) is 119 Å². The van der Waals surface area contributed by atoms with Crippen LogP contribution in [0.25, 0.3) is 0 Å². The number of nitrogens with two attached hydrogens (primary N) is 1. The number of hydrogen-bond acceptors (Lipinski definition) is 7. The Bertz CT molecular complexity index is 1250. The summed E-state index contributed by atoms with van der Waals surface area (Å²) < 4.78 is 37.9. The summed E-state index contributed by atoms with van der Waals surface area (Å²) in [6.07, 6.45) is 1.98. The Morgan fingerprint density at radius 2 is 2.06 bits per heavy atom. The second-order valence-electron chi connectivity index (χ2n) is 8.81. The van der Waals surface area contributed by atoms with Crippen molar-refractivity contribution in [2.75, 3.05) is 18.5 Å². The summed E-state index contributed by atoms with van der Waals surface area (Å²) in [5.74, 6) is -0.218. The molecule has 33 heavy (non-hydrogen) atoms. The lowest BCUT2D eigenvalue weighted by molar-refractivity contribution is 0.102. The standard InChI is InChI=1S/C23H28FN5O3S/c1-5-32-15-7-9-18(26-13-15)20(30)28-14-6-8-17(24)16(12-14)23(4)19-10-11-27-33(19,31)22(2,3)21(25)29-23/h6-9,12-13,19H,5,10-11H2,1-4H3,(H2,25,29)(H,28,30)/t19-,23+,33?/m0/s1. The molecule has 0 bridgehead atoms. The van der Waals surface area contributed by atoms with E-state index in [9.17, 15) is 9.00 Å². The maximum absolute atomic E-state index is 15.1. The van der Waals surface area contributed by atoms with Gasteiger partial charge >= 0.3 is 0 Å². The molecular formula is C23H28FN5O3S. The SMILES string of the molecule is CCOc1ccc(C(=O)Nc2ccc(F)c([C@@]3(C)N=C(N)C(C)(C)S4(=O)=NCC[C@@H]34)c2)nc1. The summed E-state index contributed by atoms with van der Waals surface area (Å²) in [5.41, 5.74) is 5.84. The van der Waals surface area contributed by atoms with Gasteiger partial charge in [0, 0.05) is 17.8 Å². The molecule has 176 valence electrons. The van der Waals surface area contributed by atoms with Crippen molar-refractivity contribution in [1.29, 1.82) is 0 Å². The van der Waals surface area contributed by atoms with Crippen LogP contribution in [0.5, 0.6) is 5.75 Å². The number of fused-ring (bicyclic) bond motifs is 1. The van der Waals surface area contributed by atoms with Crippen LogP contribution in [-0.4, -0.2) is 44.1 Å². The number of nitrogens with zero attached hydrogens (tertiary/aromatic N) is 3. The van der Waals surface area contributed by atoms with E-state index in [1.54, 1.807) is 32.9 Å². The van der Waals surface area contributed by atoms with Crippen molar-refractivity contribution in [3.8, 4) is 5.75 Å². The molecule has 3 heterocycles. The molecule has 3 N–H and O–H groups in total. The van der Waals surface area contributed by atoms with Gasteiger partial charge in [0.05, 0.1) is 27.8 Å². The first-order valence-corrected chi connectivity index (χ1v) is 12.4. The smallest absolute Gasteiger partial charge is 0.274 e. The summed E-state index contributed by atoms with van der Waals surface area (Å²) >= 11 is 0. The van der Waals surface area contributed by atoms with Gasteiger partial charge in [-0.15, -0.1) is 0 Å². The van der Waals surface area contributed by atoms with Gasteiger partial charge < -0.3 is 15.8 Å². The number of carbonyl (C=O) groups is 1. The molecule has 10 heteroatoms. The number of aromatic nitrogens is 1. The number of carbonyl (C=O) groups excluding carboxylic acids is 1. The van der Waals surface area contributed by atoms with E-state index in [1.165, 1.54) is 24.4 Å². The van der Waals surface area contributed by atoms with Crippen LogP contribution in [0.4, 0.5) is 10.1 Å². The summed E-state index contributed by atoms with van der Waals surface area (Å²) in [6, 6.07) is 7.46. The number of pyridine rings is 1. The molecule has 2 aromatic rings. The van der Waals surface area contributed by atoms with Crippen LogP contribution in [-0.2, 0) is 15.3 Å². The molecule has 1 aromatic heterocycles. The van der Waals surface area contributed by atoms with Gasteiger partial charge in [0.2, 0.25) is 0 Å². The second-order valence-corrected chi connectivity index (χ2v) is 11.8. The van der Waals surface area contributed by atoms with Crippen molar-refractivity contribution in [3.63, 3.8) is 0 Å². The predicted molar refractivity (Wildman–Crippen MR) is 127 cm³/mol. The number of benzene rings is 1. The van der Waals surface area contributed by atoms with Crippen LogP contribution < -0.4 is 15.8 Å². The van der Waals surface area contributed by atoms with E-state index in [0.29, 0.717) is 31.0 Å². The van der Waals surface area contributed by atoms with Crippen molar-refractivity contribution in [2.45, 2.75) is 49.7 Å². The first kappa shape index (κ1) is 23.2. The van der Waals surface area contributed by atoms with Gasteiger partial charge in [-0.05, 0) is 64.4 Å². The van der Waals surface area contributed by atoms with Gasteiger partial charge in [0.25, 0.3) is 5.91 Å². The van der Waals surface area contributed by atoms with Crippen LogP contribution in [0, 0.1) is 5.82 Å². The first-order chi connectivity index (χ1) is 15.5. The number of anilines is 1. The molecule has 4 rings (SSSR count). The van der Waals surface area contributed by atoms with E-state index in [4.69, 9.17) is 10.5 Å². The Labute approximate surface area is 193 Å². The quantitative estimate of drug-likeness (QED) is 0.689. The van der Waals surface area contributed by atoms with E-state index < -0.39 is 37.0 Å². The number of nitrogens with one attached hydrogen (secondary N) is 1. The van der Waals surface area contributed by atoms with E-state index >= 15 is 4.39 Å². The van der Waals surface area contributed by atoms with Gasteiger partial charge in [-0.3, -0.25) is 9.79 Å². The van der Waals surface area contributed by atoms with Crippen molar-refractivity contribution < 1.29 is 18.1 Å². The van der Waals surface area contributed by atoms with Gasteiger partial charge in [-0.2, -0.15) is 0 Å². The summed E-state index contributed by atoms with van der Waals surface area (Å²) in [4.78, 5) is 21.5. The molecule has 2 aliphatic heterocycles. The number of amidine groups is 1. The van der Waals surface area contributed by atoms with E-state index in [-0.39, 0.29) is 17.1 Å². The molecule has 8 nitrogen and oxygen atoms in total. The zero-order chi connectivity index (χ0) is 24.0. The lowest BCUT2D eigenvalue weighted by Gasteiger charge is -2.44. The molecule has 0 fully saturated rings. The van der Waals surface area contributed by atoms with Crippen LogP contribution >= 0.6 is 0 Å². The molecule has 1 unspecified atom stereocenters. The monoisotopic (exact) mass is 473 g/mol. The first-order valence-electron chi connectivity index (χ1n) is 10.8. The van der Waals surface area contributed by atoms with Crippen LogP contribution in [0.3, 0.4) is 0 Å². The average molecular weight is 474 g/mol. The fourth-order valence-electron chi connectivity index (χ4n) is 4.46. The fourth-order valence-corrected chi connectivity index (χ4v) is 7.62. The highest BCUT2D eigenvalue weighted by Gasteiger charge is 2.56. The zero-order valence-corrected chi connectivity index (χ0v) is 19.9. The number of ether oxygens (including phenoxy) is 1. The minimum absolute atomic E-state index is 0.185. The summed E-state index contributed by atoms with van der Waals surface area (Å²) in [5, 5.41) is 2.25. The molecule has 3 atom stereocenters. The third-order valence-electron chi connectivity index (χ3n) is 6.44. The van der Waals surface area contributed by atoms with Crippen molar-refractivity contribution in [3.05, 3.63) is 53.6 Å². The summed E-state index contributed by atoms with van der Waals surface area (Å²) in [7, 11) is -2.79. The number of halogens is 1. The Kier molecular flexibility index (Phi) is 5.68. The average Bonchev–Trinajstić information content (AvgIpc) is 3.19. The molecule has 0 spiro atoms. The number of aliphatic imine (C=N–C) groups is 1. The lowest BCUT2D eigenvalue weighted by atomic mass is 9.85. The highest BCUT2D eigenvalue weighted by atomic mass is 32.2. The van der Waals surface area contributed by atoms with Crippen molar-refractivity contribution in [2.24, 2.45) is 15.1 Å². The summed E-state index contributed by atoms with van der Waals surface area (Å²) in [6.45, 7) is 8.04. The highest BCUT2D eigenvalue weighted by molar-refractivity contribution is 7.96. The molecule has 0 saturated carbocycles. The molecule has 1 amide bonds. The van der Waals surface area contributed by atoms with Gasteiger partial charge in [-0.1, -0.05) is 0 Å². The second kappa shape index (κ2) is 8.09. The molecule has 0 saturated heterocycles. The van der Waals surface area contributed by atoms with E-state index in [1.807, 2.05) is 6.92 Å². The van der Waals surface area contributed by atoms with Gasteiger partial charge in [-0.25, -0.2) is 17.9 Å². The minimum Gasteiger partial charge on any atom is -0.492 e. The fraction of sp³-hybridized carbons (Fsp3) is 0.435. The zero-order valence-electron chi connectivity index (χ0n) is 19.1. The Morgan fingerprint density at radius 3 is 2.73 bits per heavy atom. The predicted octanol–water partition coefficient (Wildman–Crippen LogP) is 3.48. The lowest BCUT2D eigenvalue weighted by Crippen LogP contribution is -2.58. The van der Waals surface area contributed by atoms with E-state index in [0.717, 1.165) is 0 Å². The van der Waals surface area contributed by atoms with Gasteiger partial charge in [0.15, 0.2) is 0 Å². The molecule has 1 aromatic carbocycles. The number of rotatable bonds is 5. The maximum Gasteiger partial charge on any atom is 0.274 e. The van der Waals surface area contributed by atoms with E-state index in [2.05, 4.69) is 19.7 Å². The molecular weight excluding hydrogens is 445 g/mol. The van der Waals surface area contributed by atoms with Crippen LogP contribution in [0.15, 0.2) is 45.9 Å². The molecule has 0 radical (unpaired) electrons. The normalized spacial score (nSPS) is 27.8. The number of amides is 1.